The predicted octanol–water partition coefficient (Wildman–Crippen LogP) is 1.36. The van der Waals surface area contributed by atoms with Crippen molar-refractivity contribution in [3.63, 3.8) is 0 Å². The average Bonchev–Trinajstić information content (AvgIpc) is 2.53. The van der Waals surface area contributed by atoms with Crippen molar-refractivity contribution in [1.82, 2.24) is 9.62 Å². The number of nitrogens with one attached hydrogen (secondary N) is 1. The number of nitrogens with zero attached hydrogens (tertiary/aromatic N) is 1. The number of carbonyl (C=O) groups excluding carboxylic acids is 1. The Morgan fingerprint density at radius 3 is 2.22 bits per heavy atom. The van der Waals surface area contributed by atoms with Crippen molar-refractivity contribution >= 4 is 28.3 Å². The third-order valence-electron chi connectivity index (χ3n) is 3.86. The molecule has 0 radical (unpaired) electrons. The lowest BCUT2D eigenvalue weighted by atomic mass is 9.94. The number of likely N-dealkylation sites (N-methyl/N-ethyl adjacent to an activating group) is 1. The number of hydrogen-bond acceptors (Lipinski definition) is 4. The minimum absolute atomic E-state index is 0. The van der Waals surface area contributed by atoms with Gasteiger partial charge in [-0.05, 0) is 25.0 Å². The van der Waals surface area contributed by atoms with Crippen molar-refractivity contribution in [2.24, 2.45) is 5.73 Å². The normalized spacial score (nSPS) is 11.9. The fraction of sp³-hybridized carbons (Fsp3) is 0.533. The van der Waals surface area contributed by atoms with Crippen molar-refractivity contribution in [2.45, 2.75) is 37.1 Å². The molecule has 0 unspecified atom stereocenters. The molecule has 0 aromatic heterocycles. The quantitative estimate of drug-likeness (QED) is 0.729. The molecule has 0 bridgehead atoms. The maximum atomic E-state index is 12.3. The van der Waals surface area contributed by atoms with Gasteiger partial charge in [0.05, 0.1) is 11.4 Å². The van der Waals surface area contributed by atoms with E-state index in [1.54, 1.807) is 18.2 Å². The van der Waals surface area contributed by atoms with Crippen LogP contribution in [0.4, 0.5) is 0 Å². The molecule has 1 aromatic carbocycles. The van der Waals surface area contributed by atoms with Crippen LogP contribution in [0.15, 0.2) is 35.2 Å². The van der Waals surface area contributed by atoms with Gasteiger partial charge in [0.1, 0.15) is 0 Å². The fourth-order valence-electron chi connectivity index (χ4n) is 1.89. The van der Waals surface area contributed by atoms with Gasteiger partial charge in [-0.15, -0.1) is 12.4 Å². The van der Waals surface area contributed by atoms with Crippen LogP contribution < -0.4 is 11.1 Å². The van der Waals surface area contributed by atoms with Crippen LogP contribution in [-0.2, 0) is 14.8 Å². The van der Waals surface area contributed by atoms with Gasteiger partial charge in [0.2, 0.25) is 15.9 Å². The van der Waals surface area contributed by atoms with Crippen molar-refractivity contribution in [2.75, 3.05) is 20.1 Å². The molecular formula is C15H26ClN3O3S. The molecule has 0 aliphatic heterocycles. The lowest BCUT2D eigenvalue weighted by Gasteiger charge is -2.27. The third-order valence-corrected chi connectivity index (χ3v) is 5.68. The highest BCUT2D eigenvalue weighted by Crippen LogP contribution is 2.13. The van der Waals surface area contributed by atoms with E-state index in [9.17, 15) is 13.2 Å². The molecule has 0 spiro atoms. The highest BCUT2D eigenvalue weighted by atomic mass is 35.5. The van der Waals surface area contributed by atoms with Gasteiger partial charge >= 0.3 is 0 Å². The number of carbonyl (C=O) groups is 1. The van der Waals surface area contributed by atoms with Crippen molar-refractivity contribution in [1.29, 1.82) is 0 Å². The first-order valence-corrected chi connectivity index (χ1v) is 8.76. The molecule has 0 saturated heterocycles. The van der Waals surface area contributed by atoms with Gasteiger partial charge in [-0.25, -0.2) is 8.42 Å². The number of sulfonamides is 1. The van der Waals surface area contributed by atoms with Gasteiger partial charge < -0.3 is 11.1 Å². The second-order valence-corrected chi connectivity index (χ2v) is 7.47. The van der Waals surface area contributed by atoms with E-state index in [0.29, 0.717) is 6.54 Å². The minimum Gasteiger partial charge on any atom is -0.353 e. The Morgan fingerprint density at radius 1 is 1.22 bits per heavy atom. The Balaban J connectivity index is 0.00000484. The van der Waals surface area contributed by atoms with Gasteiger partial charge in [0, 0.05) is 19.1 Å². The van der Waals surface area contributed by atoms with Gasteiger partial charge in [-0.3, -0.25) is 4.79 Å². The summed E-state index contributed by atoms with van der Waals surface area (Å²) in [5, 5.41) is 2.71. The van der Waals surface area contributed by atoms with E-state index in [1.807, 2.05) is 13.8 Å². The smallest absolute Gasteiger partial charge is 0.243 e. The van der Waals surface area contributed by atoms with E-state index in [4.69, 9.17) is 5.73 Å². The van der Waals surface area contributed by atoms with Crippen LogP contribution in [0.25, 0.3) is 0 Å². The summed E-state index contributed by atoms with van der Waals surface area (Å²) in [6.45, 7) is 4.02. The minimum atomic E-state index is -3.66. The molecule has 0 aliphatic rings. The summed E-state index contributed by atoms with van der Waals surface area (Å²) < 4.78 is 25.6. The molecule has 23 heavy (non-hydrogen) atoms. The monoisotopic (exact) mass is 363 g/mol. The average molecular weight is 364 g/mol. The molecule has 0 fully saturated rings. The predicted molar refractivity (Wildman–Crippen MR) is 94.0 cm³/mol. The van der Waals surface area contributed by atoms with Crippen LogP contribution in [0.2, 0.25) is 0 Å². The molecule has 0 aliphatic carbocycles. The Bertz CT molecular complexity index is 589. The fourth-order valence-corrected chi connectivity index (χ4v) is 3.04. The van der Waals surface area contributed by atoms with Gasteiger partial charge in [0.25, 0.3) is 0 Å². The van der Waals surface area contributed by atoms with Gasteiger partial charge in [-0.2, -0.15) is 4.31 Å². The number of hydrogen-bond donors (Lipinski definition) is 2. The Kier molecular flexibility index (Phi) is 8.76. The second kappa shape index (κ2) is 9.22. The second-order valence-electron chi connectivity index (χ2n) is 5.42. The number of benzene rings is 1. The van der Waals surface area contributed by atoms with Gasteiger partial charge in [-0.1, -0.05) is 32.0 Å². The van der Waals surface area contributed by atoms with Crippen LogP contribution in [0.1, 0.15) is 26.7 Å². The van der Waals surface area contributed by atoms with E-state index in [1.165, 1.54) is 19.2 Å². The maximum absolute atomic E-state index is 12.3. The molecule has 1 amide bonds. The summed E-state index contributed by atoms with van der Waals surface area (Å²) in [6.07, 6.45) is 1.48. The van der Waals surface area contributed by atoms with Crippen molar-refractivity contribution in [3.8, 4) is 0 Å². The van der Waals surface area contributed by atoms with E-state index >= 15 is 0 Å². The van der Waals surface area contributed by atoms with E-state index in [-0.39, 0.29) is 29.8 Å². The van der Waals surface area contributed by atoms with Crippen LogP contribution in [0, 0.1) is 0 Å². The summed E-state index contributed by atoms with van der Waals surface area (Å²) in [6, 6.07) is 8.03. The number of halogens is 1. The molecule has 0 heterocycles. The molecule has 0 saturated carbocycles. The SMILES string of the molecule is CCC(N)(CC)CNC(=O)CN(C)S(=O)(=O)c1ccccc1.Cl. The summed E-state index contributed by atoms with van der Waals surface area (Å²) in [5.41, 5.74) is 5.65. The highest BCUT2D eigenvalue weighted by molar-refractivity contribution is 7.89. The maximum Gasteiger partial charge on any atom is 0.243 e. The number of nitrogens with two attached hydrogens (primary N) is 1. The topological polar surface area (TPSA) is 92.5 Å². The highest BCUT2D eigenvalue weighted by Gasteiger charge is 2.24. The lowest BCUT2D eigenvalue weighted by Crippen LogP contribution is -2.51. The Labute approximate surface area is 144 Å². The lowest BCUT2D eigenvalue weighted by molar-refractivity contribution is -0.121. The van der Waals surface area contributed by atoms with Crippen LogP contribution >= 0.6 is 12.4 Å². The summed E-state index contributed by atoms with van der Waals surface area (Å²) in [7, 11) is -2.27. The Hall–Kier alpha value is -1.15. The third kappa shape index (κ3) is 6.10. The van der Waals surface area contributed by atoms with Crippen molar-refractivity contribution in [3.05, 3.63) is 30.3 Å². The van der Waals surface area contributed by atoms with Gasteiger partial charge in [0.15, 0.2) is 0 Å². The van der Waals surface area contributed by atoms with E-state index in [2.05, 4.69) is 5.32 Å². The number of amides is 1. The largest absolute Gasteiger partial charge is 0.353 e. The molecule has 3 N–H and O–H groups in total. The zero-order chi connectivity index (χ0) is 16.8. The zero-order valence-corrected chi connectivity index (χ0v) is 15.4. The molecule has 1 aromatic rings. The summed E-state index contributed by atoms with van der Waals surface area (Å²) in [5.74, 6) is -0.362. The summed E-state index contributed by atoms with van der Waals surface area (Å²) in [4.78, 5) is 12.1. The summed E-state index contributed by atoms with van der Waals surface area (Å²) >= 11 is 0. The molecule has 0 atom stereocenters. The Morgan fingerprint density at radius 2 is 1.74 bits per heavy atom. The standard InChI is InChI=1S/C15H25N3O3S.ClH/c1-4-15(16,5-2)12-17-14(19)11-18(3)22(20,21)13-9-7-6-8-10-13;/h6-10H,4-5,11-12,16H2,1-3H3,(H,17,19);1H. The molecule has 1 rings (SSSR count). The van der Waals surface area contributed by atoms with Crippen LogP contribution in [0.3, 0.4) is 0 Å². The van der Waals surface area contributed by atoms with Crippen molar-refractivity contribution < 1.29 is 13.2 Å². The van der Waals surface area contributed by atoms with E-state index in [0.717, 1.165) is 17.1 Å². The van der Waals surface area contributed by atoms with Crippen LogP contribution in [0.5, 0.6) is 0 Å². The zero-order valence-electron chi connectivity index (χ0n) is 13.8. The molecule has 6 nitrogen and oxygen atoms in total. The first-order valence-electron chi connectivity index (χ1n) is 7.32. The van der Waals surface area contributed by atoms with Crippen LogP contribution in [-0.4, -0.2) is 44.3 Å². The molecular weight excluding hydrogens is 338 g/mol. The molecule has 132 valence electrons. The first kappa shape index (κ1) is 21.9. The molecule has 8 heteroatoms. The number of rotatable bonds is 8. The van der Waals surface area contributed by atoms with E-state index < -0.39 is 15.6 Å². The first-order chi connectivity index (χ1) is 10.2.